The van der Waals surface area contributed by atoms with E-state index in [0.717, 1.165) is 0 Å². The molecule has 0 saturated heterocycles. The third kappa shape index (κ3) is 10.5. The zero-order chi connectivity index (χ0) is 26.5. The second kappa shape index (κ2) is 14.6. The number of thiocarbonyl (C=S) groups is 1. The summed E-state index contributed by atoms with van der Waals surface area (Å²) in [6.45, 7) is 5.24. The topological polar surface area (TPSA) is 169 Å². The largest absolute Gasteiger partial charge is 0.467 e. The summed E-state index contributed by atoms with van der Waals surface area (Å²) < 4.78 is 4.56. The van der Waals surface area contributed by atoms with E-state index in [0.29, 0.717) is 24.4 Å². The number of carbonyl (C=O) groups excluding carboxylic acids is 4. The fourth-order valence-corrected chi connectivity index (χ4v) is 3.04. The average molecular weight is 510 g/mol. The molecule has 1 rings (SSSR count). The number of unbranched alkanes of at least 4 members (excludes halogenated alkanes) is 1. The number of hydrogen-bond donors (Lipinski definition) is 4. The van der Waals surface area contributed by atoms with E-state index in [1.165, 1.54) is 45.2 Å². The van der Waals surface area contributed by atoms with E-state index in [1.807, 2.05) is 0 Å². The van der Waals surface area contributed by atoms with Gasteiger partial charge in [-0.1, -0.05) is 12.2 Å². The maximum absolute atomic E-state index is 12.9. The number of methoxy groups -OCH3 is 1. The molecule has 1 aromatic carbocycles. The number of nitro groups is 1. The van der Waals surface area contributed by atoms with Gasteiger partial charge in [0.15, 0.2) is 0 Å². The number of carbonyl (C=O) groups is 4. The Bertz CT molecular complexity index is 939. The number of ether oxygens (including phenoxy) is 1. The molecule has 0 aliphatic carbocycles. The van der Waals surface area contributed by atoms with Crippen LogP contribution >= 0.6 is 12.2 Å². The fraction of sp³-hybridized carbons (Fsp3) is 0.500. The first-order chi connectivity index (χ1) is 16.5. The molecule has 12 nitrogen and oxygen atoms in total. The number of nitrogens with one attached hydrogen (secondary N) is 4. The van der Waals surface area contributed by atoms with Crippen molar-refractivity contribution in [2.24, 2.45) is 0 Å². The van der Waals surface area contributed by atoms with Crippen LogP contribution in [-0.4, -0.2) is 65.4 Å². The van der Waals surface area contributed by atoms with Gasteiger partial charge in [-0.3, -0.25) is 24.5 Å². The molecule has 192 valence electrons. The molecule has 0 fully saturated rings. The van der Waals surface area contributed by atoms with E-state index in [2.05, 4.69) is 26.0 Å². The number of esters is 1. The standard InChI is InChI=1S/C22H31N5O7S/c1-13(19(28)25-14(2)22(31)34-4)24-21(30)18(7-5-6-12-23-15(3)35)26-20(29)16-8-10-17(11-9-16)27(32)33/h8-11,13-14,18H,5-7,12H2,1-4H3,(H,23,35)(H,24,30)(H,25,28)(H,26,29)/t13-,14-,18?/m0/s1. The van der Waals surface area contributed by atoms with E-state index >= 15 is 0 Å². The van der Waals surface area contributed by atoms with Crippen LogP contribution in [0.4, 0.5) is 5.69 Å². The molecule has 0 heterocycles. The summed E-state index contributed by atoms with van der Waals surface area (Å²) in [6, 6.07) is 2.10. The molecule has 35 heavy (non-hydrogen) atoms. The molecule has 0 spiro atoms. The third-order valence-electron chi connectivity index (χ3n) is 4.92. The molecule has 0 aliphatic heterocycles. The first kappa shape index (κ1) is 29.4. The van der Waals surface area contributed by atoms with Gasteiger partial charge in [0.25, 0.3) is 11.6 Å². The number of non-ortho nitro benzene ring substituents is 1. The van der Waals surface area contributed by atoms with Crippen LogP contribution < -0.4 is 21.3 Å². The Hall–Kier alpha value is -3.61. The normalized spacial score (nSPS) is 12.9. The maximum atomic E-state index is 12.9. The van der Waals surface area contributed by atoms with Crippen LogP contribution in [0.3, 0.4) is 0 Å². The van der Waals surface area contributed by atoms with Gasteiger partial charge < -0.3 is 26.0 Å². The van der Waals surface area contributed by atoms with Crippen LogP contribution in [0, 0.1) is 10.1 Å². The molecule has 3 atom stereocenters. The lowest BCUT2D eigenvalue weighted by Gasteiger charge is -2.22. The summed E-state index contributed by atoms with van der Waals surface area (Å²) in [6.07, 6.45) is 1.52. The lowest BCUT2D eigenvalue weighted by atomic mass is 10.1. The molecule has 3 amide bonds. The molecule has 0 bridgehead atoms. The van der Waals surface area contributed by atoms with Gasteiger partial charge in [0.1, 0.15) is 18.1 Å². The van der Waals surface area contributed by atoms with Crippen LogP contribution in [0.15, 0.2) is 24.3 Å². The van der Waals surface area contributed by atoms with Crippen molar-refractivity contribution < 1.29 is 28.8 Å². The molecule has 0 radical (unpaired) electrons. The van der Waals surface area contributed by atoms with Crippen molar-refractivity contribution in [2.75, 3.05) is 13.7 Å². The number of benzene rings is 1. The highest BCUT2D eigenvalue weighted by molar-refractivity contribution is 7.80. The van der Waals surface area contributed by atoms with E-state index < -0.39 is 46.7 Å². The first-order valence-corrected chi connectivity index (χ1v) is 11.3. The Kier molecular flexibility index (Phi) is 12.3. The lowest BCUT2D eigenvalue weighted by molar-refractivity contribution is -0.384. The molecule has 0 aromatic heterocycles. The highest BCUT2D eigenvalue weighted by atomic mass is 32.1. The molecule has 13 heteroatoms. The van der Waals surface area contributed by atoms with Crippen LogP contribution in [-0.2, 0) is 19.1 Å². The first-order valence-electron chi connectivity index (χ1n) is 10.9. The van der Waals surface area contributed by atoms with Crippen molar-refractivity contribution in [2.45, 2.75) is 58.2 Å². The molecule has 1 unspecified atom stereocenters. The third-order valence-corrected chi connectivity index (χ3v) is 5.07. The predicted molar refractivity (Wildman–Crippen MR) is 132 cm³/mol. The molecular formula is C22H31N5O7S. The van der Waals surface area contributed by atoms with Gasteiger partial charge in [-0.25, -0.2) is 4.79 Å². The smallest absolute Gasteiger partial charge is 0.328 e. The second-order valence-electron chi connectivity index (χ2n) is 7.79. The molecule has 1 aromatic rings. The van der Waals surface area contributed by atoms with Gasteiger partial charge in [0.05, 0.1) is 17.0 Å². The minimum absolute atomic E-state index is 0.143. The Morgan fingerprint density at radius 2 is 1.60 bits per heavy atom. The Morgan fingerprint density at radius 3 is 2.14 bits per heavy atom. The number of rotatable bonds is 13. The quantitative estimate of drug-likeness (QED) is 0.0995. The fourth-order valence-electron chi connectivity index (χ4n) is 2.94. The molecule has 0 saturated carbocycles. The Labute approximate surface area is 208 Å². The van der Waals surface area contributed by atoms with E-state index in [9.17, 15) is 29.3 Å². The number of hydrogen-bond acceptors (Lipinski definition) is 8. The van der Waals surface area contributed by atoms with Crippen molar-refractivity contribution in [3.05, 3.63) is 39.9 Å². The van der Waals surface area contributed by atoms with Crippen LogP contribution in [0.25, 0.3) is 0 Å². The Balaban J connectivity index is 2.85. The highest BCUT2D eigenvalue weighted by Crippen LogP contribution is 2.12. The van der Waals surface area contributed by atoms with E-state index in [-0.39, 0.29) is 17.7 Å². The number of nitro benzene ring substituents is 1. The molecule has 0 aliphatic rings. The number of amides is 3. The van der Waals surface area contributed by atoms with Gasteiger partial charge in [-0.05, 0) is 52.2 Å². The monoisotopic (exact) mass is 509 g/mol. The summed E-state index contributed by atoms with van der Waals surface area (Å²) in [5.74, 6) is -2.42. The van der Waals surface area contributed by atoms with Crippen LogP contribution in [0.2, 0.25) is 0 Å². The van der Waals surface area contributed by atoms with Crippen molar-refractivity contribution in [1.82, 2.24) is 21.3 Å². The Morgan fingerprint density at radius 1 is 1.00 bits per heavy atom. The highest BCUT2D eigenvalue weighted by Gasteiger charge is 2.26. The van der Waals surface area contributed by atoms with Crippen molar-refractivity contribution in [1.29, 1.82) is 0 Å². The van der Waals surface area contributed by atoms with Crippen LogP contribution in [0.5, 0.6) is 0 Å². The lowest BCUT2D eigenvalue weighted by Crippen LogP contribution is -2.54. The maximum Gasteiger partial charge on any atom is 0.328 e. The van der Waals surface area contributed by atoms with Gasteiger partial charge in [0.2, 0.25) is 11.8 Å². The molecule has 4 N–H and O–H groups in total. The summed E-state index contributed by atoms with van der Waals surface area (Å²) >= 11 is 4.96. The molecular weight excluding hydrogens is 478 g/mol. The summed E-state index contributed by atoms with van der Waals surface area (Å²) in [5.41, 5.74) is -0.0257. The van der Waals surface area contributed by atoms with Gasteiger partial charge in [0, 0.05) is 24.2 Å². The summed E-state index contributed by atoms with van der Waals surface area (Å²) in [7, 11) is 1.19. The van der Waals surface area contributed by atoms with Gasteiger partial charge in [-0.2, -0.15) is 0 Å². The average Bonchev–Trinajstić information content (AvgIpc) is 2.81. The van der Waals surface area contributed by atoms with Gasteiger partial charge >= 0.3 is 5.97 Å². The predicted octanol–water partition coefficient (Wildman–Crippen LogP) is 0.983. The number of nitrogens with zero attached hydrogens (tertiary/aromatic N) is 1. The van der Waals surface area contributed by atoms with Crippen LogP contribution in [0.1, 0.15) is 50.4 Å². The minimum atomic E-state index is -0.993. The van der Waals surface area contributed by atoms with Gasteiger partial charge in [-0.15, -0.1) is 0 Å². The zero-order valence-corrected chi connectivity index (χ0v) is 20.9. The van der Waals surface area contributed by atoms with E-state index in [4.69, 9.17) is 12.2 Å². The summed E-state index contributed by atoms with van der Waals surface area (Å²) in [5, 5.41) is 21.4. The second-order valence-corrected chi connectivity index (χ2v) is 8.40. The van der Waals surface area contributed by atoms with E-state index in [1.54, 1.807) is 6.92 Å². The zero-order valence-electron chi connectivity index (χ0n) is 20.1. The van der Waals surface area contributed by atoms with Crippen molar-refractivity contribution in [3.8, 4) is 0 Å². The summed E-state index contributed by atoms with van der Waals surface area (Å²) in [4.78, 5) is 60.3. The van der Waals surface area contributed by atoms with Crippen molar-refractivity contribution in [3.63, 3.8) is 0 Å². The minimum Gasteiger partial charge on any atom is -0.467 e. The van der Waals surface area contributed by atoms with Crippen molar-refractivity contribution >= 4 is 46.6 Å². The SMILES string of the molecule is COC(=O)[C@H](C)NC(=O)[C@H](C)NC(=O)C(CCCCNC(C)=S)NC(=O)c1ccc([N+](=O)[O-])cc1.